The Morgan fingerprint density at radius 3 is 2.13 bits per heavy atom. The number of nitrogens with one attached hydrogen (secondary N) is 1. The molecule has 1 heterocycles. The number of hydrogen-bond acceptors (Lipinski definition) is 2. The van der Waals surface area contributed by atoms with Crippen LogP contribution in [0.4, 0.5) is 0 Å². The molecule has 1 aliphatic heterocycles. The van der Waals surface area contributed by atoms with Crippen LogP contribution in [0.25, 0.3) is 0 Å². The molecule has 0 aromatic carbocycles. The predicted octanol–water partition coefficient (Wildman–Crippen LogP) is 2.49. The van der Waals surface area contributed by atoms with Gasteiger partial charge in [0.1, 0.15) is 0 Å². The fourth-order valence-electron chi connectivity index (χ4n) is 2.83. The van der Waals surface area contributed by atoms with Crippen LogP contribution in [0.1, 0.15) is 46.5 Å². The van der Waals surface area contributed by atoms with Gasteiger partial charge in [-0.1, -0.05) is 13.8 Å². The number of likely N-dealkylation sites (tertiary alicyclic amines) is 1. The number of hydrogen-bond donors (Lipinski definition) is 1. The molecule has 1 atom stereocenters. The van der Waals surface area contributed by atoms with Gasteiger partial charge in [0.15, 0.2) is 0 Å². The average Bonchev–Trinajstić information content (AvgIpc) is 2.30. The van der Waals surface area contributed by atoms with Crippen molar-refractivity contribution in [1.29, 1.82) is 0 Å². The van der Waals surface area contributed by atoms with Gasteiger partial charge in [-0.3, -0.25) is 0 Å². The maximum atomic E-state index is 3.39. The Labute approximate surface area is 95.4 Å². The summed E-state index contributed by atoms with van der Waals surface area (Å²) in [5.74, 6) is 0.889. The lowest BCUT2D eigenvalue weighted by molar-refractivity contribution is 0.114. The highest BCUT2D eigenvalue weighted by atomic mass is 15.2. The van der Waals surface area contributed by atoms with E-state index >= 15 is 0 Å². The van der Waals surface area contributed by atoms with Crippen molar-refractivity contribution in [3.05, 3.63) is 0 Å². The SMILES string of the molecule is CCC(CC)N1CCC(C(C)NC)CC1. The third-order valence-electron chi connectivity index (χ3n) is 4.20. The van der Waals surface area contributed by atoms with E-state index in [1.165, 1.54) is 38.8 Å². The maximum absolute atomic E-state index is 3.39. The van der Waals surface area contributed by atoms with E-state index in [0.717, 1.165) is 12.0 Å². The van der Waals surface area contributed by atoms with Crippen molar-refractivity contribution >= 4 is 0 Å². The zero-order valence-corrected chi connectivity index (χ0v) is 10.9. The number of rotatable bonds is 5. The smallest absolute Gasteiger partial charge is 0.00900 e. The molecule has 0 aromatic rings. The van der Waals surface area contributed by atoms with Crippen molar-refractivity contribution in [2.24, 2.45) is 5.92 Å². The van der Waals surface area contributed by atoms with Crippen molar-refractivity contribution in [3.8, 4) is 0 Å². The van der Waals surface area contributed by atoms with E-state index in [2.05, 4.69) is 38.0 Å². The molecule has 1 aliphatic rings. The summed E-state index contributed by atoms with van der Waals surface area (Å²) < 4.78 is 0. The molecule has 1 fully saturated rings. The highest BCUT2D eigenvalue weighted by Crippen LogP contribution is 2.23. The van der Waals surface area contributed by atoms with Gasteiger partial charge in [-0.05, 0) is 58.7 Å². The lowest BCUT2D eigenvalue weighted by atomic mass is 9.89. The minimum absolute atomic E-state index is 0.689. The molecule has 1 rings (SSSR count). The van der Waals surface area contributed by atoms with Crippen molar-refractivity contribution in [1.82, 2.24) is 10.2 Å². The molecule has 0 aliphatic carbocycles. The summed E-state index contributed by atoms with van der Waals surface area (Å²) in [6.07, 6.45) is 5.36. The predicted molar refractivity (Wildman–Crippen MR) is 67.2 cm³/mol. The van der Waals surface area contributed by atoms with Crippen LogP contribution in [0.3, 0.4) is 0 Å². The standard InChI is InChI=1S/C13H28N2/c1-5-13(6-2)15-9-7-12(8-10-15)11(3)14-4/h11-14H,5-10H2,1-4H3. The van der Waals surface area contributed by atoms with Gasteiger partial charge in [0.05, 0.1) is 0 Å². The van der Waals surface area contributed by atoms with Crippen LogP contribution < -0.4 is 5.32 Å². The minimum Gasteiger partial charge on any atom is -0.317 e. The van der Waals surface area contributed by atoms with Crippen molar-refractivity contribution in [3.63, 3.8) is 0 Å². The molecule has 0 radical (unpaired) electrons. The van der Waals surface area contributed by atoms with Crippen LogP contribution in [0.5, 0.6) is 0 Å². The summed E-state index contributed by atoms with van der Waals surface area (Å²) in [5.41, 5.74) is 0. The number of nitrogens with zero attached hydrogens (tertiary/aromatic N) is 1. The lowest BCUT2D eigenvalue weighted by Gasteiger charge is -2.38. The van der Waals surface area contributed by atoms with Crippen molar-refractivity contribution < 1.29 is 0 Å². The summed E-state index contributed by atoms with van der Waals surface area (Å²) in [5, 5.41) is 3.39. The van der Waals surface area contributed by atoms with Gasteiger partial charge >= 0.3 is 0 Å². The molecule has 0 bridgehead atoms. The molecular weight excluding hydrogens is 184 g/mol. The first-order valence-electron chi connectivity index (χ1n) is 6.64. The Morgan fingerprint density at radius 1 is 1.20 bits per heavy atom. The van der Waals surface area contributed by atoms with E-state index in [9.17, 15) is 0 Å². The molecule has 2 nitrogen and oxygen atoms in total. The summed E-state index contributed by atoms with van der Waals surface area (Å²) in [4.78, 5) is 2.69. The van der Waals surface area contributed by atoms with Crippen LogP contribution in [-0.4, -0.2) is 37.1 Å². The summed E-state index contributed by atoms with van der Waals surface area (Å²) in [7, 11) is 2.08. The fourth-order valence-corrected chi connectivity index (χ4v) is 2.83. The van der Waals surface area contributed by atoms with Crippen LogP contribution in [0.15, 0.2) is 0 Å². The first-order chi connectivity index (χ1) is 7.22. The van der Waals surface area contributed by atoms with Crippen LogP contribution in [0.2, 0.25) is 0 Å². The summed E-state index contributed by atoms with van der Waals surface area (Å²) in [6, 6.07) is 1.52. The van der Waals surface area contributed by atoms with E-state index in [0.29, 0.717) is 6.04 Å². The van der Waals surface area contributed by atoms with Crippen molar-refractivity contribution in [2.75, 3.05) is 20.1 Å². The average molecular weight is 212 g/mol. The van der Waals surface area contributed by atoms with Gasteiger partial charge < -0.3 is 10.2 Å². The van der Waals surface area contributed by atoms with Gasteiger partial charge in [-0.2, -0.15) is 0 Å². The van der Waals surface area contributed by atoms with Gasteiger partial charge in [-0.25, -0.2) is 0 Å². The topological polar surface area (TPSA) is 15.3 Å². The van der Waals surface area contributed by atoms with Gasteiger partial charge in [-0.15, -0.1) is 0 Å². The van der Waals surface area contributed by atoms with Crippen LogP contribution in [0, 0.1) is 5.92 Å². The molecule has 0 saturated carbocycles. The molecular formula is C13H28N2. The quantitative estimate of drug-likeness (QED) is 0.753. The van der Waals surface area contributed by atoms with Gasteiger partial charge in [0.2, 0.25) is 0 Å². The van der Waals surface area contributed by atoms with Gasteiger partial charge in [0, 0.05) is 12.1 Å². The van der Waals surface area contributed by atoms with E-state index in [1.807, 2.05) is 0 Å². The highest BCUT2D eigenvalue weighted by molar-refractivity contribution is 4.81. The monoisotopic (exact) mass is 212 g/mol. The van der Waals surface area contributed by atoms with Gasteiger partial charge in [0.25, 0.3) is 0 Å². The van der Waals surface area contributed by atoms with E-state index in [-0.39, 0.29) is 0 Å². The summed E-state index contributed by atoms with van der Waals surface area (Å²) >= 11 is 0. The Balaban J connectivity index is 2.34. The molecule has 1 unspecified atom stereocenters. The fraction of sp³-hybridized carbons (Fsp3) is 1.00. The second-order valence-electron chi connectivity index (χ2n) is 4.92. The second-order valence-corrected chi connectivity index (χ2v) is 4.92. The molecule has 1 saturated heterocycles. The molecule has 90 valence electrons. The first-order valence-corrected chi connectivity index (χ1v) is 6.64. The largest absolute Gasteiger partial charge is 0.317 e. The Morgan fingerprint density at radius 2 is 1.73 bits per heavy atom. The maximum Gasteiger partial charge on any atom is 0.00900 e. The Hall–Kier alpha value is -0.0800. The first kappa shape index (κ1) is 13.0. The third-order valence-corrected chi connectivity index (χ3v) is 4.20. The zero-order chi connectivity index (χ0) is 11.3. The van der Waals surface area contributed by atoms with Crippen LogP contribution in [-0.2, 0) is 0 Å². The second kappa shape index (κ2) is 6.49. The Bertz CT molecular complexity index is 158. The normalized spacial score (nSPS) is 22.2. The number of piperidine rings is 1. The van der Waals surface area contributed by atoms with E-state index in [4.69, 9.17) is 0 Å². The lowest BCUT2D eigenvalue weighted by Crippen LogP contribution is -2.44. The van der Waals surface area contributed by atoms with E-state index < -0.39 is 0 Å². The molecule has 15 heavy (non-hydrogen) atoms. The van der Waals surface area contributed by atoms with Crippen molar-refractivity contribution in [2.45, 2.75) is 58.5 Å². The highest BCUT2D eigenvalue weighted by Gasteiger charge is 2.25. The molecule has 0 aromatic heterocycles. The zero-order valence-electron chi connectivity index (χ0n) is 10.9. The molecule has 1 N–H and O–H groups in total. The van der Waals surface area contributed by atoms with Crippen LogP contribution >= 0.6 is 0 Å². The van der Waals surface area contributed by atoms with E-state index in [1.54, 1.807) is 0 Å². The molecule has 2 heteroatoms. The molecule has 0 amide bonds. The molecule has 0 spiro atoms. The Kier molecular flexibility index (Phi) is 5.62. The minimum atomic E-state index is 0.689. The third kappa shape index (κ3) is 3.46. The summed E-state index contributed by atoms with van der Waals surface area (Å²) in [6.45, 7) is 9.57.